The molecule has 0 bridgehead atoms. The maximum Gasteiger partial charge on any atom is 0.136 e. The van der Waals surface area contributed by atoms with Crippen LogP contribution in [0.3, 0.4) is 0 Å². The second-order valence-electron chi connectivity index (χ2n) is 4.87. The number of pyridine rings is 1. The monoisotopic (exact) mass is 241 g/mol. The molecule has 1 aromatic carbocycles. The smallest absolute Gasteiger partial charge is 0.136 e. The van der Waals surface area contributed by atoms with Crippen molar-refractivity contribution in [3.63, 3.8) is 0 Å². The van der Waals surface area contributed by atoms with Gasteiger partial charge in [0.1, 0.15) is 5.82 Å². The number of aromatic nitrogens is 1. The molecule has 0 radical (unpaired) electrons. The lowest BCUT2D eigenvalue weighted by molar-refractivity contribution is 0.812. The lowest BCUT2D eigenvalue weighted by Crippen LogP contribution is -2.26. The van der Waals surface area contributed by atoms with E-state index in [0.29, 0.717) is 12.6 Å². The van der Waals surface area contributed by atoms with E-state index in [1.807, 2.05) is 6.20 Å². The van der Waals surface area contributed by atoms with Gasteiger partial charge in [0, 0.05) is 30.7 Å². The first-order valence-electron chi connectivity index (χ1n) is 6.68. The Kier molecular flexibility index (Phi) is 2.92. The molecule has 18 heavy (non-hydrogen) atoms. The van der Waals surface area contributed by atoms with Gasteiger partial charge in [-0.25, -0.2) is 4.98 Å². The zero-order valence-corrected chi connectivity index (χ0v) is 10.8. The van der Waals surface area contributed by atoms with Gasteiger partial charge in [0.2, 0.25) is 0 Å². The molecule has 94 valence electrons. The Morgan fingerprint density at radius 1 is 1.28 bits per heavy atom. The number of nitrogens with two attached hydrogens (primary N) is 1. The lowest BCUT2D eigenvalue weighted by Gasteiger charge is -2.23. The molecule has 1 aliphatic rings. The first-order chi connectivity index (χ1) is 8.85. The van der Waals surface area contributed by atoms with Gasteiger partial charge in [0.15, 0.2) is 0 Å². The highest BCUT2D eigenvalue weighted by atomic mass is 15.2. The van der Waals surface area contributed by atoms with Crippen molar-refractivity contribution < 1.29 is 0 Å². The van der Waals surface area contributed by atoms with Crippen LogP contribution in [0.5, 0.6) is 0 Å². The summed E-state index contributed by atoms with van der Waals surface area (Å²) in [5.41, 5.74) is 6.92. The summed E-state index contributed by atoms with van der Waals surface area (Å²) >= 11 is 0. The predicted octanol–water partition coefficient (Wildman–Crippen LogP) is 2.68. The summed E-state index contributed by atoms with van der Waals surface area (Å²) in [7, 11) is 0. The number of hydrogen-bond donors (Lipinski definition) is 1. The van der Waals surface area contributed by atoms with Gasteiger partial charge in [-0.3, -0.25) is 0 Å². The van der Waals surface area contributed by atoms with Crippen molar-refractivity contribution in [3.05, 3.63) is 36.0 Å². The van der Waals surface area contributed by atoms with Crippen molar-refractivity contribution in [2.45, 2.75) is 32.4 Å². The van der Waals surface area contributed by atoms with Gasteiger partial charge < -0.3 is 10.6 Å². The standard InChI is InChI=1S/C15H19N3/c1-2-18(12-7-8-12)15-14-6-4-3-5-13(14)11(9-16)10-17-15/h3-6,10,12H,2,7-9,16H2,1H3. The number of anilines is 1. The van der Waals surface area contributed by atoms with E-state index in [4.69, 9.17) is 5.73 Å². The van der Waals surface area contributed by atoms with Gasteiger partial charge in [-0.1, -0.05) is 24.3 Å². The van der Waals surface area contributed by atoms with Gasteiger partial charge in [-0.05, 0) is 30.7 Å². The quantitative estimate of drug-likeness (QED) is 0.895. The fourth-order valence-corrected chi connectivity index (χ4v) is 2.59. The molecule has 1 saturated carbocycles. The molecule has 2 N–H and O–H groups in total. The molecular weight excluding hydrogens is 222 g/mol. The minimum atomic E-state index is 0.545. The van der Waals surface area contributed by atoms with Crippen LogP contribution in [0.15, 0.2) is 30.5 Å². The van der Waals surface area contributed by atoms with Crippen LogP contribution in [0.25, 0.3) is 10.8 Å². The highest BCUT2D eigenvalue weighted by Crippen LogP contribution is 2.34. The average molecular weight is 241 g/mol. The first-order valence-corrected chi connectivity index (χ1v) is 6.68. The fourth-order valence-electron chi connectivity index (χ4n) is 2.59. The second kappa shape index (κ2) is 4.58. The van der Waals surface area contributed by atoms with E-state index >= 15 is 0 Å². The molecule has 0 saturated heterocycles. The molecule has 1 heterocycles. The van der Waals surface area contributed by atoms with Gasteiger partial charge in [-0.2, -0.15) is 0 Å². The third-order valence-corrected chi connectivity index (χ3v) is 3.68. The highest BCUT2D eigenvalue weighted by Gasteiger charge is 2.29. The number of rotatable bonds is 4. The second-order valence-corrected chi connectivity index (χ2v) is 4.87. The molecule has 0 atom stereocenters. The molecule has 1 aromatic heterocycles. The van der Waals surface area contributed by atoms with Crippen molar-refractivity contribution in [1.82, 2.24) is 4.98 Å². The Bertz CT molecular complexity index is 561. The predicted molar refractivity (Wildman–Crippen MR) is 75.7 cm³/mol. The molecule has 3 rings (SSSR count). The van der Waals surface area contributed by atoms with Crippen LogP contribution in [-0.4, -0.2) is 17.6 Å². The summed E-state index contributed by atoms with van der Waals surface area (Å²) in [5.74, 6) is 1.12. The van der Waals surface area contributed by atoms with E-state index in [1.165, 1.54) is 23.6 Å². The molecule has 2 aromatic rings. The highest BCUT2D eigenvalue weighted by molar-refractivity contribution is 5.94. The van der Waals surface area contributed by atoms with Gasteiger partial charge >= 0.3 is 0 Å². The zero-order valence-electron chi connectivity index (χ0n) is 10.8. The molecule has 0 amide bonds. The molecule has 3 nitrogen and oxygen atoms in total. The van der Waals surface area contributed by atoms with E-state index in [9.17, 15) is 0 Å². The average Bonchev–Trinajstić information content (AvgIpc) is 3.24. The van der Waals surface area contributed by atoms with E-state index in [2.05, 4.69) is 41.1 Å². The zero-order chi connectivity index (χ0) is 12.5. The van der Waals surface area contributed by atoms with Crippen LogP contribution in [0, 0.1) is 0 Å². The molecule has 0 unspecified atom stereocenters. The summed E-state index contributed by atoms with van der Waals surface area (Å²) in [6, 6.07) is 9.13. The Morgan fingerprint density at radius 2 is 2.00 bits per heavy atom. The summed E-state index contributed by atoms with van der Waals surface area (Å²) < 4.78 is 0. The summed E-state index contributed by atoms with van der Waals surface area (Å²) in [6.07, 6.45) is 4.52. The molecule has 0 spiro atoms. The molecule has 1 fully saturated rings. The minimum Gasteiger partial charge on any atom is -0.353 e. The van der Waals surface area contributed by atoms with Crippen LogP contribution < -0.4 is 10.6 Å². The maximum atomic E-state index is 5.79. The van der Waals surface area contributed by atoms with Crippen molar-refractivity contribution in [3.8, 4) is 0 Å². The van der Waals surface area contributed by atoms with Crippen LogP contribution in [-0.2, 0) is 6.54 Å². The largest absolute Gasteiger partial charge is 0.353 e. The normalized spacial score (nSPS) is 15.0. The van der Waals surface area contributed by atoms with Crippen molar-refractivity contribution >= 4 is 16.6 Å². The van der Waals surface area contributed by atoms with Gasteiger partial charge in [0.05, 0.1) is 0 Å². The molecule has 1 aliphatic carbocycles. The maximum absolute atomic E-state index is 5.79. The SMILES string of the molecule is CCN(c1ncc(CN)c2ccccc12)C1CC1. The van der Waals surface area contributed by atoms with Crippen LogP contribution in [0.2, 0.25) is 0 Å². The third-order valence-electron chi connectivity index (χ3n) is 3.68. The molecule has 0 aliphatic heterocycles. The fraction of sp³-hybridized carbons (Fsp3) is 0.400. The van der Waals surface area contributed by atoms with Gasteiger partial charge in [-0.15, -0.1) is 0 Å². The topological polar surface area (TPSA) is 42.2 Å². The van der Waals surface area contributed by atoms with E-state index in [1.54, 1.807) is 0 Å². The Morgan fingerprint density at radius 3 is 2.61 bits per heavy atom. The number of nitrogens with zero attached hydrogens (tertiary/aromatic N) is 2. The third kappa shape index (κ3) is 1.85. The summed E-state index contributed by atoms with van der Waals surface area (Å²) in [4.78, 5) is 7.08. The van der Waals surface area contributed by atoms with E-state index < -0.39 is 0 Å². The van der Waals surface area contributed by atoms with Crippen LogP contribution in [0.1, 0.15) is 25.3 Å². The summed E-state index contributed by atoms with van der Waals surface area (Å²) in [5, 5.41) is 2.47. The molecular formula is C15H19N3. The Labute approximate surface area is 108 Å². The molecule has 3 heteroatoms. The first kappa shape index (κ1) is 11.5. The lowest BCUT2D eigenvalue weighted by atomic mass is 10.1. The number of benzene rings is 1. The number of hydrogen-bond acceptors (Lipinski definition) is 3. The van der Waals surface area contributed by atoms with Crippen molar-refractivity contribution in [2.75, 3.05) is 11.4 Å². The Hall–Kier alpha value is -1.61. The van der Waals surface area contributed by atoms with E-state index in [-0.39, 0.29) is 0 Å². The van der Waals surface area contributed by atoms with Crippen molar-refractivity contribution in [1.29, 1.82) is 0 Å². The van der Waals surface area contributed by atoms with Gasteiger partial charge in [0.25, 0.3) is 0 Å². The van der Waals surface area contributed by atoms with Crippen molar-refractivity contribution in [2.24, 2.45) is 5.73 Å². The Balaban J connectivity index is 2.17. The number of fused-ring (bicyclic) bond motifs is 1. The summed E-state index contributed by atoms with van der Waals surface area (Å²) in [6.45, 7) is 3.76. The van der Waals surface area contributed by atoms with Crippen LogP contribution >= 0.6 is 0 Å². The van der Waals surface area contributed by atoms with Crippen LogP contribution in [0.4, 0.5) is 5.82 Å². The van der Waals surface area contributed by atoms with E-state index in [0.717, 1.165) is 17.9 Å². The minimum absolute atomic E-state index is 0.545.